The third kappa shape index (κ3) is 10.2. The molecule has 0 bridgehead atoms. The highest BCUT2D eigenvalue weighted by atomic mass is 35.5. The zero-order valence-electron chi connectivity index (χ0n) is 24.9. The van der Waals surface area contributed by atoms with Gasteiger partial charge < -0.3 is 26.8 Å². The summed E-state index contributed by atoms with van der Waals surface area (Å²) in [7, 11) is 0. The maximum atomic E-state index is 12.9. The molecule has 1 atom stereocenters. The van der Waals surface area contributed by atoms with Crippen molar-refractivity contribution in [2.45, 2.75) is 57.4 Å². The number of carbonyl (C=O) groups is 3. The van der Waals surface area contributed by atoms with Crippen LogP contribution in [0.4, 0.5) is 5.69 Å². The van der Waals surface area contributed by atoms with Crippen LogP contribution in [0.25, 0.3) is 0 Å². The molecular formula is C33H38Cl2N6O4. The number of carbonyl (C=O) groups excluding carboxylic acids is 2. The van der Waals surface area contributed by atoms with Crippen LogP contribution in [0.2, 0.25) is 10.0 Å². The molecule has 1 aliphatic carbocycles. The first-order chi connectivity index (χ1) is 21.7. The first kappa shape index (κ1) is 33.7. The fourth-order valence-electron chi connectivity index (χ4n) is 5.36. The number of halogens is 2. The van der Waals surface area contributed by atoms with Crippen LogP contribution in [0.5, 0.6) is 0 Å². The molecule has 1 fully saturated rings. The highest BCUT2D eigenvalue weighted by Gasteiger charge is 2.20. The van der Waals surface area contributed by atoms with Gasteiger partial charge in [0.25, 0.3) is 11.8 Å². The Morgan fingerprint density at radius 1 is 0.978 bits per heavy atom. The second-order valence-corrected chi connectivity index (χ2v) is 11.9. The van der Waals surface area contributed by atoms with Gasteiger partial charge in [0.15, 0.2) is 5.96 Å². The molecular weight excluding hydrogens is 615 g/mol. The van der Waals surface area contributed by atoms with Gasteiger partial charge in [-0.2, -0.15) is 0 Å². The van der Waals surface area contributed by atoms with Gasteiger partial charge in [-0.3, -0.25) is 19.6 Å². The van der Waals surface area contributed by atoms with Gasteiger partial charge in [0.05, 0.1) is 15.6 Å². The summed E-state index contributed by atoms with van der Waals surface area (Å²) in [6, 6.07) is 13.3. The summed E-state index contributed by atoms with van der Waals surface area (Å²) >= 11 is 12.1. The molecule has 1 aliphatic rings. The minimum absolute atomic E-state index is 0.0240. The molecule has 12 heteroatoms. The number of benzene rings is 2. The fourth-order valence-corrected chi connectivity index (χ4v) is 5.89. The Morgan fingerprint density at radius 3 is 2.36 bits per heavy atom. The highest BCUT2D eigenvalue weighted by molar-refractivity contribution is 6.40. The molecule has 0 aliphatic heterocycles. The number of aliphatic imine (C=N–C) groups is 1. The summed E-state index contributed by atoms with van der Waals surface area (Å²) in [4.78, 5) is 45.6. The number of hydrogen-bond acceptors (Lipinski definition) is 5. The van der Waals surface area contributed by atoms with Crippen molar-refractivity contribution in [2.75, 3.05) is 18.4 Å². The summed E-state index contributed by atoms with van der Waals surface area (Å²) in [6.07, 6.45) is 10.2. The number of pyridine rings is 1. The van der Waals surface area contributed by atoms with Crippen molar-refractivity contribution in [3.63, 3.8) is 0 Å². The van der Waals surface area contributed by atoms with E-state index in [-0.39, 0.29) is 33.9 Å². The maximum absolute atomic E-state index is 12.9. The van der Waals surface area contributed by atoms with Crippen LogP contribution in [0.1, 0.15) is 70.4 Å². The monoisotopic (exact) mass is 652 g/mol. The van der Waals surface area contributed by atoms with Crippen molar-refractivity contribution in [2.24, 2.45) is 16.6 Å². The van der Waals surface area contributed by atoms with Crippen LogP contribution in [0.3, 0.4) is 0 Å². The van der Waals surface area contributed by atoms with Crippen LogP contribution in [0.15, 0.2) is 65.9 Å². The van der Waals surface area contributed by atoms with E-state index in [1.165, 1.54) is 44.5 Å². The Hall–Kier alpha value is -4.15. The van der Waals surface area contributed by atoms with E-state index in [0.717, 1.165) is 5.56 Å². The van der Waals surface area contributed by atoms with Crippen LogP contribution >= 0.6 is 23.2 Å². The number of anilines is 1. The molecule has 1 saturated carbocycles. The lowest BCUT2D eigenvalue weighted by atomic mass is 9.89. The maximum Gasteiger partial charge on any atom is 0.326 e. The quantitative estimate of drug-likeness (QED) is 0.0928. The van der Waals surface area contributed by atoms with Gasteiger partial charge in [0.1, 0.15) is 6.04 Å². The van der Waals surface area contributed by atoms with Crippen LogP contribution in [0, 0.1) is 5.92 Å². The number of amides is 2. The first-order valence-corrected chi connectivity index (χ1v) is 15.8. The minimum Gasteiger partial charge on any atom is -0.480 e. The molecule has 1 aromatic heterocycles. The number of nitrogens with zero attached hydrogens (tertiary/aromatic N) is 2. The van der Waals surface area contributed by atoms with E-state index in [1.807, 2.05) is 24.3 Å². The molecule has 4 rings (SSSR count). The van der Waals surface area contributed by atoms with E-state index >= 15 is 0 Å². The predicted octanol–water partition coefficient (Wildman–Crippen LogP) is 5.48. The Kier molecular flexibility index (Phi) is 12.6. The first-order valence-electron chi connectivity index (χ1n) is 15.1. The van der Waals surface area contributed by atoms with Crippen LogP contribution in [-0.2, 0) is 17.6 Å². The van der Waals surface area contributed by atoms with Gasteiger partial charge in [-0.15, -0.1) is 0 Å². The molecule has 1 heterocycles. The number of nitrogens with two attached hydrogens (primary N) is 1. The van der Waals surface area contributed by atoms with Crippen molar-refractivity contribution in [1.82, 2.24) is 15.6 Å². The molecule has 2 aromatic carbocycles. The predicted molar refractivity (Wildman–Crippen MR) is 177 cm³/mol. The van der Waals surface area contributed by atoms with E-state index in [9.17, 15) is 19.5 Å². The average molecular weight is 654 g/mol. The molecule has 0 spiro atoms. The van der Waals surface area contributed by atoms with Gasteiger partial charge in [-0.25, -0.2) is 4.79 Å². The minimum atomic E-state index is -1.08. The van der Waals surface area contributed by atoms with Crippen LogP contribution in [-0.4, -0.2) is 53.0 Å². The van der Waals surface area contributed by atoms with Crippen molar-refractivity contribution >= 4 is 52.6 Å². The van der Waals surface area contributed by atoms with Gasteiger partial charge in [0, 0.05) is 43.2 Å². The number of hydrogen-bond donors (Lipinski definition) is 5. The molecule has 45 heavy (non-hydrogen) atoms. The average Bonchev–Trinajstić information content (AvgIpc) is 3.03. The number of nitrogens with one attached hydrogen (secondary N) is 3. The lowest BCUT2D eigenvalue weighted by molar-refractivity contribution is -0.139. The SMILES string of the molecule is NC(=NCCCc1ccccc1C(=O)NCC1CCCCC1)N[C@@H](Cc1ccc(NC(=O)c2c(Cl)cncc2Cl)cc1)C(=O)O. The topological polar surface area (TPSA) is 159 Å². The number of aromatic nitrogens is 1. The molecule has 10 nitrogen and oxygen atoms in total. The third-order valence-electron chi connectivity index (χ3n) is 7.78. The van der Waals surface area contributed by atoms with E-state index in [1.54, 1.807) is 24.3 Å². The van der Waals surface area contributed by atoms with Gasteiger partial charge in [-0.05, 0) is 60.9 Å². The Balaban J connectivity index is 1.26. The van der Waals surface area contributed by atoms with Crippen LogP contribution < -0.4 is 21.7 Å². The van der Waals surface area contributed by atoms with Gasteiger partial charge in [-0.1, -0.05) is 72.8 Å². The summed E-state index contributed by atoms with van der Waals surface area (Å²) in [5.41, 5.74) is 8.95. The Morgan fingerprint density at radius 2 is 1.67 bits per heavy atom. The molecule has 3 aromatic rings. The number of carboxylic acids is 1. The number of guanidine groups is 1. The van der Waals surface area contributed by atoms with Crippen molar-refractivity contribution in [1.29, 1.82) is 0 Å². The van der Waals surface area contributed by atoms with E-state index in [2.05, 4.69) is 25.9 Å². The Labute approximate surface area is 272 Å². The zero-order valence-corrected chi connectivity index (χ0v) is 26.4. The van der Waals surface area contributed by atoms with E-state index in [4.69, 9.17) is 28.9 Å². The third-order valence-corrected chi connectivity index (χ3v) is 8.35. The van der Waals surface area contributed by atoms with Gasteiger partial charge in [0.2, 0.25) is 0 Å². The summed E-state index contributed by atoms with van der Waals surface area (Å²) < 4.78 is 0. The second kappa shape index (κ2) is 16.8. The Bertz CT molecular complexity index is 1490. The highest BCUT2D eigenvalue weighted by Crippen LogP contribution is 2.25. The standard InChI is InChI=1S/C33H38Cl2N6O4/c34-26-19-37-20-27(35)29(26)31(43)40-24-14-12-21(13-15-24)17-28(32(44)45)41-33(36)38-16-6-10-23-9-4-5-11-25(23)30(42)39-18-22-7-2-1-3-8-22/h4-5,9,11-15,19-20,22,28H,1-3,6-8,10,16-18H2,(H,39,42)(H,40,43)(H,44,45)(H3,36,38,41)/t28-/m0/s1. The largest absolute Gasteiger partial charge is 0.480 e. The zero-order chi connectivity index (χ0) is 32.2. The normalized spacial score (nSPS) is 14.4. The molecule has 2 amide bonds. The fraction of sp³-hybridized carbons (Fsp3) is 0.364. The van der Waals surface area contributed by atoms with Crippen molar-refractivity contribution in [3.8, 4) is 0 Å². The number of carboxylic acid groups (broad SMARTS) is 1. The lowest BCUT2D eigenvalue weighted by Gasteiger charge is -2.22. The van der Waals surface area contributed by atoms with Crippen molar-refractivity contribution < 1.29 is 19.5 Å². The van der Waals surface area contributed by atoms with E-state index < -0.39 is 17.9 Å². The summed E-state index contributed by atoms with van der Waals surface area (Å²) in [6.45, 7) is 1.07. The lowest BCUT2D eigenvalue weighted by Crippen LogP contribution is -2.46. The molecule has 0 unspecified atom stereocenters. The second-order valence-electron chi connectivity index (χ2n) is 11.1. The molecule has 0 saturated heterocycles. The molecule has 238 valence electrons. The van der Waals surface area contributed by atoms with Crippen molar-refractivity contribution in [3.05, 3.63) is 93.2 Å². The summed E-state index contributed by atoms with van der Waals surface area (Å²) in [5, 5.41) is 18.6. The smallest absolute Gasteiger partial charge is 0.326 e. The number of aliphatic carboxylic acids is 1. The number of aryl methyl sites for hydroxylation is 1. The molecule has 0 radical (unpaired) electrons. The molecule has 6 N–H and O–H groups in total. The summed E-state index contributed by atoms with van der Waals surface area (Å²) in [5.74, 6) is -1.05. The number of rotatable bonds is 13. The van der Waals surface area contributed by atoms with E-state index in [0.29, 0.717) is 48.7 Å². The van der Waals surface area contributed by atoms with Gasteiger partial charge >= 0.3 is 5.97 Å².